The number of hydrogen-bond acceptors (Lipinski definition) is 4. The molecule has 0 saturated carbocycles. The van der Waals surface area contributed by atoms with Crippen LogP contribution in [-0.2, 0) is 17.6 Å². The Morgan fingerprint density at radius 1 is 0.857 bits per heavy atom. The van der Waals surface area contributed by atoms with E-state index in [0.29, 0.717) is 17.5 Å². The molecule has 0 aliphatic heterocycles. The summed E-state index contributed by atoms with van der Waals surface area (Å²) in [4.78, 5) is 22.6. The lowest BCUT2D eigenvalue weighted by molar-refractivity contribution is 0.101. The molecule has 0 amide bonds. The molecule has 7 heteroatoms. The number of nitrogens with zero attached hydrogens (tertiary/aromatic N) is 3. The predicted octanol–water partition coefficient (Wildman–Crippen LogP) is 3.98. The molecule has 0 saturated heterocycles. The third-order valence-electron chi connectivity index (χ3n) is 2.31. The molecule has 4 nitrogen and oxygen atoms in total. The third kappa shape index (κ3) is 6.38. The Morgan fingerprint density at radius 3 is 1.48 bits per heavy atom. The van der Waals surface area contributed by atoms with Crippen molar-refractivity contribution >= 4 is 40.6 Å². The average molecular weight is 347 g/mol. The second kappa shape index (κ2) is 9.66. The minimum atomic E-state index is 0.121. The first-order chi connectivity index (χ1) is 10.1. The van der Waals surface area contributed by atoms with Gasteiger partial charge in [-0.05, 0) is 6.92 Å². The quantitative estimate of drug-likeness (QED) is 0.621. The van der Waals surface area contributed by atoms with Crippen molar-refractivity contribution in [3.8, 4) is 0 Å². The van der Waals surface area contributed by atoms with Crippen LogP contribution in [0.1, 0.15) is 34.8 Å². The van der Waals surface area contributed by atoms with Gasteiger partial charge in [0.15, 0.2) is 5.78 Å². The predicted molar refractivity (Wildman–Crippen MR) is 84.9 cm³/mol. The lowest BCUT2D eigenvalue weighted by atomic mass is 10.2. The summed E-state index contributed by atoms with van der Waals surface area (Å²) in [5.74, 6) is 2.40. The van der Waals surface area contributed by atoms with Gasteiger partial charge in [0.05, 0.1) is 17.6 Å². The van der Waals surface area contributed by atoms with Crippen LogP contribution in [0.5, 0.6) is 0 Å². The van der Waals surface area contributed by atoms with Crippen molar-refractivity contribution in [2.45, 2.75) is 24.6 Å². The molecule has 0 aliphatic rings. The van der Waals surface area contributed by atoms with Gasteiger partial charge in [-0.1, -0.05) is 30.3 Å². The Balaban J connectivity index is 0.000000219. The topological polar surface area (TPSA) is 55.7 Å². The van der Waals surface area contributed by atoms with E-state index >= 15 is 0 Å². The van der Waals surface area contributed by atoms with Gasteiger partial charge in [-0.25, -0.2) is 15.0 Å². The molecule has 0 fully saturated rings. The van der Waals surface area contributed by atoms with Crippen molar-refractivity contribution in [1.29, 1.82) is 0 Å². The van der Waals surface area contributed by atoms with E-state index in [9.17, 15) is 4.79 Å². The number of aromatic nitrogens is 3. The molecule has 0 unspecified atom stereocenters. The number of carbonyl (C=O) groups excluding carboxylic acids is 1. The minimum Gasteiger partial charge on any atom is -0.295 e. The van der Waals surface area contributed by atoms with Crippen molar-refractivity contribution in [3.05, 3.63) is 53.4 Å². The smallest absolute Gasteiger partial charge is 0.159 e. The summed E-state index contributed by atoms with van der Waals surface area (Å²) in [6.45, 7) is 1.56. The molecular formula is C14H14Cl3N3O. The molecule has 0 radical (unpaired) electrons. The van der Waals surface area contributed by atoms with E-state index < -0.39 is 0 Å². The van der Waals surface area contributed by atoms with Gasteiger partial charge in [-0.3, -0.25) is 4.79 Å². The largest absolute Gasteiger partial charge is 0.295 e. The molecule has 1 aromatic carbocycles. The van der Waals surface area contributed by atoms with E-state index in [1.165, 1.54) is 0 Å². The Morgan fingerprint density at radius 2 is 1.24 bits per heavy atom. The van der Waals surface area contributed by atoms with E-state index in [1.807, 2.05) is 30.3 Å². The molecule has 2 rings (SSSR count). The SMILES string of the molecule is CC(=O)c1ccccc1.ClCc1nc(CCl)nc(CCl)n1. The number of ketones is 1. The first kappa shape index (κ1) is 17.8. The molecule has 21 heavy (non-hydrogen) atoms. The van der Waals surface area contributed by atoms with Gasteiger partial charge >= 0.3 is 0 Å². The number of rotatable bonds is 4. The summed E-state index contributed by atoms with van der Waals surface area (Å²) in [7, 11) is 0. The van der Waals surface area contributed by atoms with Crippen LogP contribution >= 0.6 is 34.8 Å². The standard InChI is InChI=1S/C8H8O.C6H6Cl3N3/c1-7(9)8-5-3-2-4-6-8;7-1-4-10-5(2-8)12-6(3-9)11-4/h2-6H,1H3;1-3H2. The number of alkyl halides is 3. The summed E-state index contributed by atoms with van der Waals surface area (Å²) in [5.41, 5.74) is 0.775. The maximum Gasteiger partial charge on any atom is 0.159 e. The third-order valence-corrected chi connectivity index (χ3v) is 3.03. The molecule has 0 aliphatic carbocycles. The highest BCUT2D eigenvalue weighted by Crippen LogP contribution is 2.03. The summed E-state index contributed by atoms with van der Waals surface area (Å²) in [6.07, 6.45) is 0. The van der Waals surface area contributed by atoms with E-state index in [4.69, 9.17) is 34.8 Å². The van der Waals surface area contributed by atoms with Crippen LogP contribution in [0.15, 0.2) is 30.3 Å². The van der Waals surface area contributed by atoms with Gasteiger partial charge in [-0.2, -0.15) is 0 Å². The first-order valence-corrected chi connectivity index (χ1v) is 7.67. The van der Waals surface area contributed by atoms with Crippen molar-refractivity contribution < 1.29 is 4.79 Å². The van der Waals surface area contributed by atoms with Gasteiger partial charge in [0, 0.05) is 5.56 Å². The Kier molecular flexibility index (Phi) is 8.20. The molecule has 0 atom stereocenters. The number of carbonyl (C=O) groups is 1. The fourth-order valence-corrected chi connectivity index (χ4v) is 1.73. The van der Waals surface area contributed by atoms with Crippen LogP contribution in [0.2, 0.25) is 0 Å². The molecular weight excluding hydrogens is 333 g/mol. The maximum absolute atomic E-state index is 10.6. The Bertz CT molecular complexity index is 524. The second-order valence-electron chi connectivity index (χ2n) is 3.91. The van der Waals surface area contributed by atoms with Crippen LogP contribution in [0.4, 0.5) is 0 Å². The second-order valence-corrected chi connectivity index (χ2v) is 4.71. The van der Waals surface area contributed by atoms with Crippen molar-refractivity contribution in [1.82, 2.24) is 15.0 Å². The lowest BCUT2D eigenvalue weighted by Crippen LogP contribution is -2.04. The highest BCUT2D eigenvalue weighted by atomic mass is 35.5. The van der Waals surface area contributed by atoms with Crippen molar-refractivity contribution in [3.63, 3.8) is 0 Å². The van der Waals surface area contributed by atoms with Gasteiger partial charge in [0.2, 0.25) is 0 Å². The van der Waals surface area contributed by atoms with E-state index in [1.54, 1.807) is 6.92 Å². The summed E-state index contributed by atoms with van der Waals surface area (Å²) >= 11 is 16.6. The molecule has 1 aromatic heterocycles. The van der Waals surface area contributed by atoms with Gasteiger partial charge < -0.3 is 0 Å². The monoisotopic (exact) mass is 345 g/mol. The minimum absolute atomic E-state index is 0.121. The summed E-state index contributed by atoms with van der Waals surface area (Å²) in [5, 5.41) is 0. The van der Waals surface area contributed by atoms with Crippen molar-refractivity contribution in [2.75, 3.05) is 0 Å². The van der Waals surface area contributed by atoms with Crippen LogP contribution < -0.4 is 0 Å². The number of benzene rings is 1. The number of halogens is 3. The highest BCUT2D eigenvalue weighted by molar-refractivity contribution is 6.17. The summed E-state index contributed by atoms with van der Waals surface area (Å²) in [6, 6.07) is 9.23. The molecule has 2 aromatic rings. The van der Waals surface area contributed by atoms with E-state index in [0.717, 1.165) is 5.56 Å². The van der Waals surface area contributed by atoms with Crippen LogP contribution in [0.25, 0.3) is 0 Å². The number of hydrogen-bond donors (Lipinski definition) is 0. The fraction of sp³-hybridized carbons (Fsp3) is 0.286. The molecule has 1 heterocycles. The zero-order valence-electron chi connectivity index (χ0n) is 11.4. The Hall–Kier alpha value is -1.23. The highest BCUT2D eigenvalue weighted by Gasteiger charge is 2.03. The molecule has 0 N–H and O–H groups in total. The Labute approximate surface area is 138 Å². The molecule has 112 valence electrons. The van der Waals surface area contributed by atoms with Gasteiger partial charge in [0.25, 0.3) is 0 Å². The van der Waals surface area contributed by atoms with Crippen molar-refractivity contribution in [2.24, 2.45) is 0 Å². The van der Waals surface area contributed by atoms with Crippen LogP contribution in [0.3, 0.4) is 0 Å². The van der Waals surface area contributed by atoms with Gasteiger partial charge in [0.1, 0.15) is 17.5 Å². The normalized spacial score (nSPS) is 9.71. The molecule has 0 bridgehead atoms. The average Bonchev–Trinajstić information content (AvgIpc) is 2.55. The van der Waals surface area contributed by atoms with E-state index in [-0.39, 0.29) is 23.4 Å². The lowest BCUT2D eigenvalue weighted by Gasteiger charge is -2.00. The summed E-state index contributed by atoms with van der Waals surface area (Å²) < 4.78 is 0. The zero-order valence-corrected chi connectivity index (χ0v) is 13.7. The molecule has 0 spiro atoms. The number of Topliss-reactive ketones (excluding diaryl/α,β-unsaturated/α-hetero) is 1. The van der Waals surface area contributed by atoms with Gasteiger partial charge in [-0.15, -0.1) is 34.8 Å². The first-order valence-electron chi connectivity index (χ1n) is 6.07. The maximum atomic E-state index is 10.6. The zero-order chi connectivity index (χ0) is 15.7. The van der Waals surface area contributed by atoms with Crippen LogP contribution in [0, 0.1) is 0 Å². The fourth-order valence-electron chi connectivity index (χ4n) is 1.37. The van der Waals surface area contributed by atoms with E-state index in [2.05, 4.69) is 15.0 Å². The van der Waals surface area contributed by atoms with Crippen LogP contribution in [-0.4, -0.2) is 20.7 Å².